The number of nitrogens with one attached hydrogen (secondary N) is 1. The molecule has 0 saturated carbocycles. The van der Waals surface area contributed by atoms with Crippen molar-refractivity contribution in [3.63, 3.8) is 0 Å². The minimum atomic E-state index is -0.199. The first-order valence-electron chi connectivity index (χ1n) is 11.0. The fourth-order valence-electron chi connectivity index (χ4n) is 4.21. The zero-order valence-corrected chi connectivity index (χ0v) is 18.0. The Morgan fingerprint density at radius 1 is 0.750 bits per heavy atom. The molecule has 0 spiro atoms. The van der Waals surface area contributed by atoms with Crippen molar-refractivity contribution in [1.82, 2.24) is 9.80 Å². The number of rotatable bonds is 6. The Hall–Kier alpha value is -3.35. The highest BCUT2D eigenvalue weighted by Gasteiger charge is 2.22. The summed E-state index contributed by atoms with van der Waals surface area (Å²) in [5, 5.41) is 2.95. The van der Waals surface area contributed by atoms with Gasteiger partial charge in [-0.3, -0.25) is 14.6 Å². The number of hydrogen-bond acceptors (Lipinski definition) is 5. The van der Waals surface area contributed by atoms with Gasteiger partial charge in [-0.15, -0.1) is 0 Å². The van der Waals surface area contributed by atoms with E-state index in [1.807, 2.05) is 12.1 Å². The number of fused-ring (bicyclic) bond motifs is 1. The molecule has 1 saturated heterocycles. The molecule has 2 heterocycles. The van der Waals surface area contributed by atoms with Crippen LogP contribution in [0.1, 0.15) is 21.5 Å². The van der Waals surface area contributed by atoms with E-state index in [1.54, 1.807) is 18.2 Å². The van der Waals surface area contributed by atoms with Crippen molar-refractivity contribution in [2.24, 2.45) is 0 Å². The lowest BCUT2D eigenvalue weighted by Gasteiger charge is -2.34. The van der Waals surface area contributed by atoms with Crippen LogP contribution < -0.4 is 14.8 Å². The highest BCUT2D eigenvalue weighted by Crippen LogP contribution is 2.35. The van der Waals surface area contributed by atoms with Crippen LogP contribution in [0.25, 0.3) is 0 Å². The third kappa shape index (κ3) is 4.77. The number of benzene rings is 3. The average molecular weight is 430 g/mol. The molecule has 0 unspecified atom stereocenters. The van der Waals surface area contributed by atoms with Gasteiger partial charge in [-0.1, -0.05) is 48.5 Å². The van der Waals surface area contributed by atoms with Crippen molar-refractivity contribution in [3.8, 4) is 11.5 Å². The molecule has 6 nitrogen and oxygen atoms in total. The van der Waals surface area contributed by atoms with Gasteiger partial charge in [0.15, 0.2) is 11.5 Å². The number of para-hydroxylation sites is 1. The standard InChI is InChI=1S/C26H27N3O3/c30-26(23-7-4-8-24-25(23)32-19-31-24)27-22-11-9-21(10-12-22)18-29-15-13-28(14-16-29)17-20-5-2-1-3-6-20/h1-12H,13-19H2,(H,27,30). The Labute approximate surface area is 188 Å². The van der Waals surface area contributed by atoms with E-state index in [2.05, 4.69) is 57.6 Å². The maximum absolute atomic E-state index is 12.7. The molecule has 0 aromatic heterocycles. The number of ether oxygens (including phenoxy) is 2. The zero-order valence-electron chi connectivity index (χ0n) is 18.0. The van der Waals surface area contributed by atoms with Crippen molar-refractivity contribution in [2.75, 3.05) is 38.3 Å². The topological polar surface area (TPSA) is 54.0 Å². The zero-order chi connectivity index (χ0) is 21.8. The van der Waals surface area contributed by atoms with Gasteiger partial charge in [0, 0.05) is 45.0 Å². The van der Waals surface area contributed by atoms with Crippen molar-refractivity contribution < 1.29 is 14.3 Å². The summed E-state index contributed by atoms with van der Waals surface area (Å²) in [5.41, 5.74) is 3.87. The first-order valence-corrected chi connectivity index (χ1v) is 11.0. The van der Waals surface area contributed by atoms with E-state index in [1.165, 1.54) is 11.1 Å². The van der Waals surface area contributed by atoms with Gasteiger partial charge in [-0.05, 0) is 35.4 Å². The van der Waals surface area contributed by atoms with Gasteiger partial charge in [-0.2, -0.15) is 0 Å². The molecule has 3 aromatic rings. The van der Waals surface area contributed by atoms with Crippen molar-refractivity contribution in [2.45, 2.75) is 13.1 Å². The second-order valence-electron chi connectivity index (χ2n) is 8.23. The van der Waals surface area contributed by atoms with E-state index in [0.717, 1.165) is 45.0 Å². The van der Waals surface area contributed by atoms with E-state index >= 15 is 0 Å². The molecular weight excluding hydrogens is 402 g/mol. The molecule has 6 heteroatoms. The van der Waals surface area contributed by atoms with Crippen LogP contribution in [0.5, 0.6) is 11.5 Å². The monoisotopic (exact) mass is 429 g/mol. The molecule has 1 N–H and O–H groups in total. The second kappa shape index (κ2) is 9.42. The summed E-state index contributed by atoms with van der Waals surface area (Å²) in [4.78, 5) is 17.7. The number of hydrogen-bond donors (Lipinski definition) is 1. The van der Waals surface area contributed by atoms with E-state index in [4.69, 9.17) is 9.47 Å². The smallest absolute Gasteiger partial charge is 0.259 e. The molecule has 1 fully saturated rings. The average Bonchev–Trinajstić information content (AvgIpc) is 3.31. The number of piperazine rings is 1. The van der Waals surface area contributed by atoms with Crippen LogP contribution in [0.2, 0.25) is 0 Å². The fourth-order valence-corrected chi connectivity index (χ4v) is 4.21. The highest BCUT2D eigenvalue weighted by molar-refractivity contribution is 6.06. The SMILES string of the molecule is O=C(Nc1ccc(CN2CCN(Cc3ccccc3)CC2)cc1)c1cccc2c1OCO2. The molecule has 5 rings (SSSR count). The predicted octanol–water partition coefficient (Wildman–Crippen LogP) is 3.99. The van der Waals surface area contributed by atoms with Crippen LogP contribution in [0, 0.1) is 0 Å². The third-order valence-corrected chi connectivity index (χ3v) is 5.97. The lowest BCUT2D eigenvalue weighted by Crippen LogP contribution is -2.45. The molecule has 3 aromatic carbocycles. The minimum Gasteiger partial charge on any atom is -0.454 e. The van der Waals surface area contributed by atoms with E-state index in [0.29, 0.717) is 17.1 Å². The molecule has 0 radical (unpaired) electrons. The quantitative estimate of drug-likeness (QED) is 0.642. The van der Waals surface area contributed by atoms with Crippen LogP contribution in [0.3, 0.4) is 0 Å². The lowest BCUT2D eigenvalue weighted by atomic mass is 10.1. The van der Waals surface area contributed by atoms with E-state index in [9.17, 15) is 4.79 Å². The van der Waals surface area contributed by atoms with Gasteiger partial charge in [0.25, 0.3) is 5.91 Å². The second-order valence-corrected chi connectivity index (χ2v) is 8.23. The van der Waals surface area contributed by atoms with Crippen molar-refractivity contribution >= 4 is 11.6 Å². The first kappa shape index (κ1) is 20.5. The molecule has 0 atom stereocenters. The Balaban J connectivity index is 1.12. The predicted molar refractivity (Wildman–Crippen MR) is 124 cm³/mol. The van der Waals surface area contributed by atoms with Gasteiger partial charge in [0.05, 0.1) is 5.56 Å². The van der Waals surface area contributed by atoms with Crippen LogP contribution in [-0.4, -0.2) is 48.7 Å². The number of carbonyl (C=O) groups excluding carboxylic acids is 1. The van der Waals surface area contributed by atoms with E-state index in [-0.39, 0.29) is 12.7 Å². The normalized spacial score (nSPS) is 16.1. The Morgan fingerprint density at radius 2 is 1.41 bits per heavy atom. The molecule has 1 amide bonds. The highest BCUT2D eigenvalue weighted by atomic mass is 16.7. The maximum Gasteiger partial charge on any atom is 0.259 e. The number of nitrogens with zero attached hydrogens (tertiary/aromatic N) is 2. The molecule has 2 aliphatic rings. The van der Waals surface area contributed by atoms with Crippen LogP contribution >= 0.6 is 0 Å². The molecule has 0 aliphatic carbocycles. The van der Waals surface area contributed by atoms with Crippen LogP contribution in [0.4, 0.5) is 5.69 Å². The minimum absolute atomic E-state index is 0.148. The molecular formula is C26H27N3O3. The van der Waals surface area contributed by atoms with Crippen LogP contribution in [-0.2, 0) is 13.1 Å². The summed E-state index contributed by atoms with van der Waals surface area (Å²) in [6.07, 6.45) is 0. The molecule has 2 aliphatic heterocycles. The summed E-state index contributed by atoms with van der Waals surface area (Å²) >= 11 is 0. The van der Waals surface area contributed by atoms with Gasteiger partial charge in [0.1, 0.15) is 0 Å². The van der Waals surface area contributed by atoms with Gasteiger partial charge in [0.2, 0.25) is 6.79 Å². The summed E-state index contributed by atoms with van der Waals surface area (Å²) in [6, 6.07) is 24.1. The summed E-state index contributed by atoms with van der Waals surface area (Å²) in [7, 11) is 0. The lowest BCUT2D eigenvalue weighted by molar-refractivity contribution is 0.102. The Kier molecular flexibility index (Phi) is 6.05. The summed E-state index contributed by atoms with van der Waals surface area (Å²) in [6.45, 7) is 6.37. The Bertz CT molecular complexity index is 1060. The van der Waals surface area contributed by atoms with E-state index < -0.39 is 0 Å². The summed E-state index contributed by atoms with van der Waals surface area (Å²) in [5.74, 6) is 0.916. The molecule has 164 valence electrons. The number of amides is 1. The Morgan fingerprint density at radius 3 is 2.09 bits per heavy atom. The third-order valence-electron chi connectivity index (χ3n) is 5.97. The maximum atomic E-state index is 12.7. The van der Waals surface area contributed by atoms with Gasteiger partial charge in [-0.25, -0.2) is 0 Å². The number of carbonyl (C=O) groups is 1. The van der Waals surface area contributed by atoms with Gasteiger partial charge >= 0.3 is 0 Å². The van der Waals surface area contributed by atoms with Gasteiger partial charge < -0.3 is 14.8 Å². The van der Waals surface area contributed by atoms with Crippen molar-refractivity contribution in [3.05, 3.63) is 89.5 Å². The molecule has 32 heavy (non-hydrogen) atoms. The first-order chi connectivity index (χ1) is 15.7. The number of anilines is 1. The molecule has 0 bridgehead atoms. The van der Waals surface area contributed by atoms with Crippen LogP contribution in [0.15, 0.2) is 72.8 Å². The summed E-state index contributed by atoms with van der Waals surface area (Å²) < 4.78 is 10.8. The van der Waals surface area contributed by atoms with Crippen molar-refractivity contribution in [1.29, 1.82) is 0 Å². The fraction of sp³-hybridized carbons (Fsp3) is 0.269. The largest absolute Gasteiger partial charge is 0.454 e.